The summed E-state index contributed by atoms with van der Waals surface area (Å²) in [6.45, 7) is 2.13. The minimum Gasteiger partial charge on any atom is -0.320 e. The molecular formula is C14H16N4O2S. The predicted molar refractivity (Wildman–Crippen MR) is 81.1 cm³/mol. The molecule has 2 aromatic rings. The zero-order valence-electron chi connectivity index (χ0n) is 11.8. The van der Waals surface area contributed by atoms with E-state index in [1.165, 1.54) is 17.1 Å². The lowest BCUT2D eigenvalue weighted by Crippen LogP contribution is -2.12. The van der Waals surface area contributed by atoms with Gasteiger partial charge in [-0.1, -0.05) is 11.8 Å². The molecule has 0 atom stereocenters. The van der Waals surface area contributed by atoms with Gasteiger partial charge in [0.2, 0.25) is 0 Å². The van der Waals surface area contributed by atoms with Gasteiger partial charge in [-0.3, -0.25) is 9.40 Å². The van der Waals surface area contributed by atoms with Crippen LogP contribution in [0, 0.1) is 18.8 Å². The van der Waals surface area contributed by atoms with Crippen molar-refractivity contribution in [2.75, 3.05) is 11.3 Å². The molecule has 0 aliphatic carbocycles. The Bertz CT molecular complexity index is 813. The van der Waals surface area contributed by atoms with Crippen LogP contribution in [0.3, 0.4) is 0 Å². The first kappa shape index (κ1) is 15.1. The Labute approximate surface area is 124 Å². The molecule has 1 heterocycles. The lowest BCUT2D eigenvalue weighted by atomic mass is 10.1. The molecule has 0 amide bonds. The van der Waals surface area contributed by atoms with Gasteiger partial charge in [-0.25, -0.2) is 8.42 Å². The van der Waals surface area contributed by atoms with E-state index in [9.17, 15) is 8.42 Å². The molecule has 2 rings (SSSR count). The van der Waals surface area contributed by atoms with Crippen LogP contribution in [-0.2, 0) is 17.1 Å². The third kappa shape index (κ3) is 3.84. The Kier molecular flexibility index (Phi) is 4.31. The second-order valence-electron chi connectivity index (χ2n) is 4.55. The van der Waals surface area contributed by atoms with E-state index in [-0.39, 0.29) is 11.4 Å². The summed E-state index contributed by atoms with van der Waals surface area (Å²) in [5.74, 6) is 5.63. The maximum Gasteiger partial charge on any atom is 0.265 e. The smallest absolute Gasteiger partial charge is 0.265 e. The number of anilines is 1. The first-order valence-corrected chi connectivity index (χ1v) is 7.71. The number of aromatic nitrogens is 2. The van der Waals surface area contributed by atoms with Crippen molar-refractivity contribution in [2.45, 2.75) is 11.8 Å². The highest BCUT2D eigenvalue weighted by atomic mass is 32.2. The first-order valence-electron chi connectivity index (χ1n) is 6.23. The van der Waals surface area contributed by atoms with Crippen molar-refractivity contribution < 1.29 is 8.42 Å². The highest BCUT2D eigenvalue weighted by Gasteiger charge is 2.16. The number of hydrogen-bond acceptors (Lipinski definition) is 4. The second-order valence-corrected chi connectivity index (χ2v) is 6.23. The van der Waals surface area contributed by atoms with E-state index in [0.29, 0.717) is 11.3 Å². The number of nitrogens with zero attached hydrogens (tertiary/aromatic N) is 2. The van der Waals surface area contributed by atoms with Crippen LogP contribution < -0.4 is 10.5 Å². The van der Waals surface area contributed by atoms with E-state index in [1.807, 2.05) is 13.0 Å². The van der Waals surface area contributed by atoms with Crippen LogP contribution in [0.1, 0.15) is 11.1 Å². The van der Waals surface area contributed by atoms with E-state index in [2.05, 4.69) is 21.7 Å². The van der Waals surface area contributed by atoms with Gasteiger partial charge in [-0.2, -0.15) is 5.10 Å². The fourth-order valence-electron chi connectivity index (χ4n) is 1.82. The van der Waals surface area contributed by atoms with Crippen molar-refractivity contribution in [3.63, 3.8) is 0 Å². The third-order valence-corrected chi connectivity index (χ3v) is 3.99. The van der Waals surface area contributed by atoms with Gasteiger partial charge in [0.1, 0.15) is 4.90 Å². The third-order valence-electron chi connectivity index (χ3n) is 2.66. The monoisotopic (exact) mass is 304 g/mol. The van der Waals surface area contributed by atoms with Crippen molar-refractivity contribution in [3.05, 3.63) is 41.7 Å². The number of benzene rings is 1. The normalized spacial score (nSPS) is 10.8. The number of aryl methyl sites for hydroxylation is 2. The predicted octanol–water partition coefficient (Wildman–Crippen LogP) is 0.840. The van der Waals surface area contributed by atoms with Crippen molar-refractivity contribution in [1.82, 2.24) is 9.78 Å². The first-order chi connectivity index (χ1) is 9.90. The van der Waals surface area contributed by atoms with Crippen LogP contribution in [0.5, 0.6) is 0 Å². The zero-order chi connectivity index (χ0) is 15.5. The van der Waals surface area contributed by atoms with E-state index in [4.69, 9.17) is 5.73 Å². The molecule has 0 unspecified atom stereocenters. The van der Waals surface area contributed by atoms with Crippen molar-refractivity contribution in [1.29, 1.82) is 0 Å². The summed E-state index contributed by atoms with van der Waals surface area (Å²) in [5.41, 5.74) is 7.41. The Balaban J connectivity index is 2.33. The molecule has 1 aromatic heterocycles. The molecule has 3 N–H and O–H groups in total. The summed E-state index contributed by atoms with van der Waals surface area (Å²) in [5, 5.41) is 3.86. The van der Waals surface area contributed by atoms with E-state index in [1.54, 1.807) is 19.2 Å². The van der Waals surface area contributed by atoms with Crippen LogP contribution in [0.25, 0.3) is 0 Å². The minimum absolute atomic E-state index is 0.112. The van der Waals surface area contributed by atoms with Gasteiger partial charge in [-0.05, 0) is 30.7 Å². The molecule has 0 saturated heterocycles. The van der Waals surface area contributed by atoms with Gasteiger partial charge in [0.25, 0.3) is 10.0 Å². The SMILES string of the molecule is Cc1cc(C#CCN)cc(NS(=O)(=O)c2cnn(C)c2)c1. The zero-order valence-corrected chi connectivity index (χ0v) is 12.6. The van der Waals surface area contributed by atoms with Crippen molar-refractivity contribution >= 4 is 15.7 Å². The molecule has 0 saturated carbocycles. The summed E-state index contributed by atoms with van der Waals surface area (Å²) >= 11 is 0. The molecule has 1 aromatic carbocycles. The highest BCUT2D eigenvalue weighted by Crippen LogP contribution is 2.18. The Morgan fingerprint density at radius 3 is 2.76 bits per heavy atom. The lowest BCUT2D eigenvalue weighted by Gasteiger charge is -2.08. The Hall–Kier alpha value is -2.30. The number of sulfonamides is 1. The summed E-state index contributed by atoms with van der Waals surface area (Å²) < 4.78 is 28.4. The molecule has 21 heavy (non-hydrogen) atoms. The summed E-state index contributed by atoms with van der Waals surface area (Å²) in [6, 6.07) is 5.27. The fourth-order valence-corrected chi connectivity index (χ4v) is 2.84. The average Bonchev–Trinajstić information content (AvgIpc) is 2.83. The van der Waals surface area contributed by atoms with Gasteiger partial charge < -0.3 is 5.73 Å². The van der Waals surface area contributed by atoms with Crippen LogP contribution in [0.2, 0.25) is 0 Å². The molecule has 110 valence electrons. The summed E-state index contributed by atoms with van der Waals surface area (Å²) in [7, 11) is -1.99. The van der Waals surface area contributed by atoms with Gasteiger partial charge >= 0.3 is 0 Å². The van der Waals surface area contributed by atoms with Crippen LogP contribution in [-0.4, -0.2) is 24.7 Å². The molecule has 7 heteroatoms. The molecule has 0 spiro atoms. The summed E-state index contributed by atoms with van der Waals surface area (Å²) in [6.07, 6.45) is 2.74. The van der Waals surface area contributed by atoms with Crippen LogP contribution >= 0.6 is 0 Å². The molecule has 0 bridgehead atoms. The van der Waals surface area contributed by atoms with Crippen LogP contribution in [0.15, 0.2) is 35.5 Å². The second kappa shape index (κ2) is 5.99. The Morgan fingerprint density at radius 2 is 2.14 bits per heavy atom. The quantitative estimate of drug-likeness (QED) is 0.822. The Morgan fingerprint density at radius 1 is 1.38 bits per heavy atom. The highest BCUT2D eigenvalue weighted by molar-refractivity contribution is 7.92. The van der Waals surface area contributed by atoms with Crippen LogP contribution in [0.4, 0.5) is 5.69 Å². The standard InChI is InChI=1S/C14H16N4O2S/c1-11-6-12(4-3-5-15)8-13(7-11)17-21(19,20)14-9-16-18(2)10-14/h6-10,17H,5,15H2,1-2H3. The van der Waals surface area contributed by atoms with Crippen molar-refractivity contribution in [3.8, 4) is 11.8 Å². The van der Waals surface area contributed by atoms with Crippen molar-refractivity contribution in [2.24, 2.45) is 12.8 Å². The average molecular weight is 304 g/mol. The minimum atomic E-state index is -3.65. The maximum absolute atomic E-state index is 12.2. The molecule has 0 aliphatic rings. The van der Waals surface area contributed by atoms with Gasteiger partial charge in [0.05, 0.1) is 18.4 Å². The topological polar surface area (TPSA) is 90.0 Å². The maximum atomic E-state index is 12.2. The number of hydrogen-bond donors (Lipinski definition) is 2. The molecular weight excluding hydrogens is 288 g/mol. The number of rotatable bonds is 3. The van der Waals surface area contributed by atoms with Gasteiger partial charge in [0.15, 0.2) is 0 Å². The number of nitrogens with two attached hydrogens (primary N) is 1. The fraction of sp³-hybridized carbons (Fsp3) is 0.214. The van der Waals surface area contributed by atoms with Gasteiger partial charge in [-0.15, -0.1) is 0 Å². The largest absolute Gasteiger partial charge is 0.320 e. The molecule has 0 aliphatic heterocycles. The molecule has 0 fully saturated rings. The molecule has 0 radical (unpaired) electrons. The summed E-state index contributed by atoms with van der Waals surface area (Å²) in [4.78, 5) is 0.112. The van der Waals surface area contributed by atoms with E-state index in [0.717, 1.165) is 5.56 Å². The lowest BCUT2D eigenvalue weighted by molar-refractivity contribution is 0.601. The van der Waals surface area contributed by atoms with E-state index < -0.39 is 10.0 Å². The van der Waals surface area contributed by atoms with E-state index >= 15 is 0 Å². The number of nitrogens with one attached hydrogen (secondary N) is 1. The van der Waals surface area contributed by atoms with Gasteiger partial charge in [0, 0.05) is 18.8 Å². The molecule has 6 nitrogen and oxygen atoms in total.